The molecule has 0 saturated carbocycles. The molecule has 2 aromatic carbocycles. The van der Waals surface area contributed by atoms with E-state index < -0.39 is 29.0 Å². The molecule has 0 aliphatic heterocycles. The summed E-state index contributed by atoms with van der Waals surface area (Å²) in [5.74, 6) is -1.16. The Labute approximate surface area is 142 Å². The summed E-state index contributed by atoms with van der Waals surface area (Å²) in [5, 5.41) is 2.60. The molecule has 0 bridgehead atoms. The first kappa shape index (κ1) is 17.2. The highest BCUT2D eigenvalue weighted by Crippen LogP contribution is 2.30. The van der Waals surface area contributed by atoms with Crippen LogP contribution in [0.4, 0.5) is 23.2 Å². The Hall–Kier alpha value is -2.68. The summed E-state index contributed by atoms with van der Waals surface area (Å²) >= 11 is 0.908. The monoisotopic (exact) mass is 370 g/mol. The minimum atomic E-state index is -4.52. The van der Waals surface area contributed by atoms with Gasteiger partial charge >= 0.3 is 6.18 Å². The first-order valence-electron chi connectivity index (χ1n) is 7.00. The molecule has 1 heterocycles. The maximum absolute atomic E-state index is 13.2. The first-order chi connectivity index (χ1) is 11.7. The van der Waals surface area contributed by atoms with Crippen LogP contribution >= 0.6 is 11.5 Å². The molecule has 25 heavy (non-hydrogen) atoms. The maximum atomic E-state index is 13.2. The van der Waals surface area contributed by atoms with Crippen LogP contribution in [0.2, 0.25) is 0 Å². The van der Waals surface area contributed by atoms with E-state index in [-0.39, 0.29) is 17.6 Å². The number of rotatable bonds is 3. The molecule has 0 unspecified atom stereocenters. The van der Waals surface area contributed by atoms with Gasteiger partial charge in [-0.25, -0.2) is 4.39 Å². The molecule has 130 valence electrons. The third-order valence-corrected chi connectivity index (χ3v) is 4.42. The lowest BCUT2D eigenvalue weighted by Crippen LogP contribution is -2.23. The number of benzene rings is 2. The average molecular weight is 370 g/mol. The number of halogens is 4. The van der Waals surface area contributed by atoms with Crippen LogP contribution in [-0.2, 0) is 17.5 Å². The summed E-state index contributed by atoms with van der Waals surface area (Å²) in [6, 6.07) is 7.83. The standard InChI is InChI=1S/C16H10F4N2O2S/c17-10-4-5-12-13(7-10)25-22(15(12)24)8-14(23)21-11-3-1-2-9(6-11)16(18,19)20/h1-7H,8H2,(H,21,23). The van der Waals surface area contributed by atoms with Crippen molar-refractivity contribution in [2.75, 3.05) is 5.32 Å². The van der Waals surface area contributed by atoms with Gasteiger partial charge in [-0.3, -0.25) is 13.5 Å². The predicted octanol–water partition coefficient (Wildman–Crippen LogP) is 3.86. The zero-order chi connectivity index (χ0) is 18.2. The summed E-state index contributed by atoms with van der Waals surface area (Å²) in [6.45, 7) is -0.379. The fourth-order valence-corrected chi connectivity index (χ4v) is 3.27. The van der Waals surface area contributed by atoms with Crippen molar-refractivity contribution in [1.82, 2.24) is 3.96 Å². The maximum Gasteiger partial charge on any atom is 0.416 e. The SMILES string of the molecule is O=C(Cn1sc2cc(F)ccc2c1=O)Nc1cccc(C(F)(F)F)c1. The van der Waals surface area contributed by atoms with E-state index in [0.29, 0.717) is 4.70 Å². The van der Waals surface area contributed by atoms with Crippen molar-refractivity contribution in [3.8, 4) is 0 Å². The fraction of sp³-hybridized carbons (Fsp3) is 0.125. The molecule has 1 aromatic heterocycles. The lowest BCUT2D eigenvalue weighted by atomic mass is 10.2. The Morgan fingerprint density at radius 2 is 1.92 bits per heavy atom. The molecule has 0 aliphatic carbocycles. The number of nitrogens with one attached hydrogen (secondary N) is 1. The van der Waals surface area contributed by atoms with Gasteiger partial charge in [0.2, 0.25) is 5.91 Å². The zero-order valence-corrected chi connectivity index (χ0v) is 13.2. The molecule has 0 spiro atoms. The van der Waals surface area contributed by atoms with Crippen LogP contribution < -0.4 is 10.9 Å². The van der Waals surface area contributed by atoms with E-state index in [2.05, 4.69) is 5.32 Å². The number of alkyl halides is 3. The molecule has 0 atom stereocenters. The number of carbonyl (C=O) groups excluding carboxylic acids is 1. The third kappa shape index (κ3) is 3.71. The topological polar surface area (TPSA) is 51.1 Å². The van der Waals surface area contributed by atoms with Crippen molar-refractivity contribution in [3.63, 3.8) is 0 Å². The van der Waals surface area contributed by atoms with Crippen molar-refractivity contribution < 1.29 is 22.4 Å². The molecule has 9 heteroatoms. The van der Waals surface area contributed by atoms with Crippen LogP contribution in [0.25, 0.3) is 10.1 Å². The quantitative estimate of drug-likeness (QED) is 0.712. The van der Waals surface area contributed by atoms with E-state index in [1.807, 2.05) is 0 Å². The van der Waals surface area contributed by atoms with E-state index in [0.717, 1.165) is 33.7 Å². The molecule has 0 saturated heterocycles. The van der Waals surface area contributed by atoms with E-state index in [1.54, 1.807) is 0 Å². The zero-order valence-electron chi connectivity index (χ0n) is 12.4. The lowest BCUT2D eigenvalue weighted by molar-refractivity contribution is -0.137. The highest BCUT2D eigenvalue weighted by molar-refractivity contribution is 7.13. The van der Waals surface area contributed by atoms with Gasteiger partial charge in [-0.1, -0.05) is 17.6 Å². The van der Waals surface area contributed by atoms with E-state index in [1.165, 1.54) is 24.3 Å². The smallest absolute Gasteiger partial charge is 0.324 e. The Morgan fingerprint density at radius 1 is 1.16 bits per heavy atom. The average Bonchev–Trinajstić information content (AvgIpc) is 2.82. The van der Waals surface area contributed by atoms with Gasteiger partial charge in [0.25, 0.3) is 5.56 Å². The Balaban J connectivity index is 1.79. The number of hydrogen-bond acceptors (Lipinski definition) is 3. The van der Waals surface area contributed by atoms with E-state index >= 15 is 0 Å². The fourth-order valence-electron chi connectivity index (χ4n) is 2.25. The number of aromatic nitrogens is 1. The molecule has 3 rings (SSSR count). The van der Waals surface area contributed by atoms with E-state index in [9.17, 15) is 27.2 Å². The second-order valence-electron chi connectivity index (χ2n) is 5.20. The molecule has 1 amide bonds. The molecule has 4 nitrogen and oxygen atoms in total. The van der Waals surface area contributed by atoms with Gasteiger partial charge in [-0.2, -0.15) is 13.2 Å². The Bertz CT molecular complexity index is 1010. The molecule has 3 aromatic rings. The van der Waals surface area contributed by atoms with Gasteiger partial charge in [-0.15, -0.1) is 0 Å². The second-order valence-corrected chi connectivity index (χ2v) is 6.26. The lowest BCUT2D eigenvalue weighted by Gasteiger charge is -2.09. The molecule has 0 aliphatic rings. The van der Waals surface area contributed by atoms with Crippen LogP contribution in [0.1, 0.15) is 5.56 Å². The summed E-state index contributed by atoms with van der Waals surface area (Å²) in [5.41, 5.74) is -1.38. The van der Waals surface area contributed by atoms with Crippen LogP contribution in [-0.4, -0.2) is 9.86 Å². The number of nitrogens with zero attached hydrogens (tertiary/aromatic N) is 1. The Morgan fingerprint density at radius 3 is 2.64 bits per heavy atom. The number of anilines is 1. The normalized spacial score (nSPS) is 11.7. The van der Waals surface area contributed by atoms with Crippen LogP contribution in [0.3, 0.4) is 0 Å². The van der Waals surface area contributed by atoms with Crippen molar-refractivity contribution in [3.05, 3.63) is 64.2 Å². The predicted molar refractivity (Wildman–Crippen MR) is 86.1 cm³/mol. The molecule has 0 radical (unpaired) electrons. The highest BCUT2D eigenvalue weighted by atomic mass is 32.1. The molecular weight excluding hydrogens is 360 g/mol. The number of amides is 1. The summed E-state index contributed by atoms with van der Waals surface area (Å²) in [4.78, 5) is 24.2. The minimum Gasteiger partial charge on any atom is -0.324 e. The van der Waals surface area contributed by atoms with Crippen molar-refractivity contribution in [2.24, 2.45) is 0 Å². The van der Waals surface area contributed by atoms with Crippen LogP contribution in [0.5, 0.6) is 0 Å². The van der Waals surface area contributed by atoms with Gasteiger partial charge in [0.05, 0.1) is 15.6 Å². The number of fused-ring (bicyclic) bond motifs is 1. The number of hydrogen-bond donors (Lipinski definition) is 1. The minimum absolute atomic E-state index is 0.0278. The largest absolute Gasteiger partial charge is 0.416 e. The van der Waals surface area contributed by atoms with Crippen molar-refractivity contribution in [1.29, 1.82) is 0 Å². The van der Waals surface area contributed by atoms with Gasteiger partial charge < -0.3 is 5.32 Å². The molecule has 0 fully saturated rings. The third-order valence-electron chi connectivity index (χ3n) is 3.37. The highest BCUT2D eigenvalue weighted by Gasteiger charge is 2.30. The van der Waals surface area contributed by atoms with Gasteiger partial charge in [-0.05, 0) is 36.4 Å². The Kier molecular flexibility index (Phi) is 4.34. The van der Waals surface area contributed by atoms with Crippen molar-refractivity contribution in [2.45, 2.75) is 12.7 Å². The molecule has 1 N–H and O–H groups in total. The van der Waals surface area contributed by atoms with Crippen molar-refractivity contribution >= 4 is 33.2 Å². The second kappa shape index (κ2) is 6.32. The van der Waals surface area contributed by atoms with Crippen LogP contribution in [0, 0.1) is 5.82 Å². The van der Waals surface area contributed by atoms with E-state index in [4.69, 9.17) is 0 Å². The summed E-state index contributed by atoms with van der Waals surface area (Å²) < 4.78 is 52.7. The summed E-state index contributed by atoms with van der Waals surface area (Å²) in [6.07, 6.45) is -4.52. The van der Waals surface area contributed by atoms with Crippen LogP contribution in [0.15, 0.2) is 47.3 Å². The number of carbonyl (C=O) groups is 1. The van der Waals surface area contributed by atoms with Gasteiger partial charge in [0, 0.05) is 5.69 Å². The molecular formula is C16H10F4N2O2S. The summed E-state index contributed by atoms with van der Waals surface area (Å²) in [7, 11) is 0. The van der Waals surface area contributed by atoms with Gasteiger partial charge in [0.1, 0.15) is 12.4 Å². The van der Waals surface area contributed by atoms with Gasteiger partial charge in [0.15, 0.2) is 0 Å². The first-order valence-corrected chi connectivity index (χ1v) is 7.78.